The molecule has 0 aliphatic heterocycles. The summed E-state index contributed by atoms with van der Waals surface area (Å²) in [6.07, 6.45) is 5.21. The van der Waals surface area contributed by atoms with Crippen molar-refractivity contribution in [2.45, 2.75) is 32.7 Å². The molecule has 1 saturated carbocycles. The van der Waals surface area contributed by atoms with Crippen molar-refractivity contribution in [2.24, 2.45) is 4.99 Å². The van der Waals surface area contributed by atoms with Gasteiger partial charge in [-0.2, -0.15) is 4.99 Å². The van der Waals surface area contributed by atoms with Crippen molar-refractivity contribution in [2.75, 3.05) is 18.8 Å². The number of aromatic amines is 1. The summed E-state index contributed by atoms with van der Waals surface area (Å²) in [4.78, 5) is 45.5. The monoisotopic (exact) mass is 629 g/mol. The van der Waals surface area contributed by atoms with Crippen molar-refractivity contribution in [3.63, 3.8) is 0 Å². The first kappa shape index (κ1) is 31.8. The molecule has 238 valence electrons. The maximum atomic E-state index is 15.1. The molecule has 0 bridgehead atoms. The van der Waals surface area contributed by atoms with Gasteiger partial charge in [-0.15, -0.1) is 0 Å². The molecular formula is C31H31N7O8. The normalized spacial score (nSPS) is 14.3. The van der Waals surface area contributed by atoms with Crippen LogP contribution in [0, 0.1) is 24.5 Å². The molecule has 46 heavy (non-hydrogen) atoms. The van der Waals surface area contributed by atoms with Gasteiger partial charge in [0.1, 0.15) is 29.7 Å². The Balaban J connectivity index is 1.48. The quantitative estimate of drug-likeness (QED) is 0.0289. The number of phenolic OH excluding ortho intramolecular Hbond substituents is 1. The van der Waals surface area contributed by atoms with Gasteiger partial charge in [0, 0.05) is 35.5 Å². The Morgan fingerprint density at radius 1 is 1.15 bits per heavy atom. The van der Waals surface area contributed by atoms with Gasteiger partial charge in [-0.1, -0.05) is 11.2 Å². The number of amides is 2. The number of benzene rings is 2. The van der Waals surface area contributed by atoms with Gasteiger partial charge >= 0.3 is 5.97 Å². The van der Waals surface area contributed by atoms with Crippen LogP contribution in [0.1, 0.15) is 60.7 Å². The number of carbonyl (C=O) groups excluding carboxylic acids is 3. The Hall–Kier alpha value is -5.64. The van der Waals surface area contributed by atoms with Crippen LogP contribution < -0.4 is 15.3 Å². The summed E-state index contributed by atoms with van der Waals surface area (Å²) in [7, 11) is 0. The second kappa shape index (κ2) is 13.6. The smallest absolute Gasteiger partial charge is 0.340 e. The number of hydroxylamine groups is 2. The van der Waals surface area contributed by atoms with Gasteiger partial charge in [-0.05, 0) is 62.6 Å². The standard InChI is InChI=1S/C31H31N7O8/c1-18-3-4-21(29(40)36-26-11-12-46-37-26)13-25(18)38(43,16-44-17-45-31(42)20-5-9-23(39)10-6-20)28(34-15-32)27-19(2)24(14-33-27)30(41)35-22-7-8-22/h3-6,9-15,22,32-33,39H,7-8,16-17H2,1-2H3,(H,35,41)(H,36,37,40). The number of quaternary nitrogens is 1. The zero-order valence-electron chi connectivity index (χ0n) is 24.9. The number of aromatic hydroxyl groups is 1. The SMILES string of the molecule is Cc1ccc(C(=O)Nc2ccon2)cc1[N+]([O-])(COCOC(=O)c1ccc(O)cc1)C(=NC=N)c1[nH]cc(C(=O)NC2CC2)c1C. The lowest BCUT2D eigenvalue weighted by atomic mass is 10.1. The topological polar surface area (TPSA) is 215 Å². The number of aromatic nitrogens is 2. The second-order valence-corrected chi connectivity index (χ2v) is 10.5. The molecule has 0 radical (unpaired) electrons. The van der Waals surface area contributed by atoms with Gasteiger partial charge in [0.25, 0.3) is 17.6 Å². The number of aliphatic imine (C=N–C) groups is 1. The zero-order valence-corrected chi connectivity index (χ0v) is 24.9. The average Bonchev–Trinajstić information content (AvgIpc) is 3.54. The molecule has 4 aromatic rings. The summed E-state index contributed by atoms with van der Waals surface area (Å²) in [6, 6.07) is 11.4. The highest BCUT2D eigenvalue weighted by molar-refractivity contribution is 6.12. The zero-order chi connectivity index (χ0) is 32.8. The van der Waals surface area contributed by atoms with E-state index in [1.807, 2.05) is 0 Å². The lowest BCUT2D eigenvalue weighted by Crippen LogP contribution is -2.52. The van der Waals surface area contributed by atoms with E-state index in [-0.39, 0.29) is 51.9 Å². The van der Waals surface area contributed by atoms with E-state index in [1.54, 1.807) is 19.9 Å². The molecule has 1 aliphatic rings. The molecular weight excluding hydrogens is 598 g/mol. The maximum Gasteiger partial charge on any atom is 0.340 e. The van der Waals surface area contributed by atoms with Crippen LogP contribution in [0.2, 0.25) is 0 Å². The van der Waals surface area contributed by atoms with E-state index in [1.165, 1.54) is 54.9 Å². The highest BCUT2D eigenvalue weighted by Gasteiger charge is 2.36. The number of H-pyrrole nitrogens is 1. The van der Waals surface area contributed by atoms with Crippen LogP contribution in [-0.4, -0.2) is 64.8 Å². The lowest BCUT2D eigenvalue weighted by Gasteiger charge is -2.41. The highest BCUT2D eigenvalue weighted by atomic mass is 16.7. The number of rotatable bonds is 12. The molecule has 1 aliphatic carbocycles. The fourth-order valence-corrected chi connectivity index (χ4v) is 4.65. The number of nitrogens with zero attached hydrogens (tertiary/aromatic N) is 3. The fourth-order valence-electron chi connectivity index (χ4n) is 4.65. The van der Waals surface area contributed by atoms with Gasteiger partial charge in [0.15, 0.2) is 19.3 Å². The number of hydrogen-bond acceptors (Lipinski definition) is 10. The number of esters is 1. The Morgan fingerprint density at radius 3 is 2.57 bits per heavy atom. The molecule has 0 spiro atoms. The minimum atomic E-state index is -1.48. The Bertz CT molecular complexity index is 1780. The number of ether oxygens (including phenoxy) is 2. The summed E-state index contributed by atoms with van der Waals surface area (Å²) in [5.41, 5.74) is 1.60. The van der Waals surface area contributed by atoms with E-state index in [2.05, 4.69) is 25.8 Å². The minimum Gasteiger partial charge on any atom is -0.619 e. The molecule has 1 atom stereocenters. The van der Waals surface area contributed by atoms with Gasteiger partial charge < -0.3 is 35.2 Å². The molecule has 5 rings (SSSR count). The van der Waals surface area contributed by atoms with Gasteiger partial charge in [-0.25, -0.2) is 4.79 Å². The first-order valence-electron chi connectivity index (χ1n) is 14.1. The van der Waals surface area contributed by atoms with E-state index in [4.69, 9.17) is 19.4 Å². The molecule has 15 nitrogen and oxygen atoms in total. The van der Waals surface area contributed by atoms with E-state index in [9.17, 15) is 19.5 Å². The third kappa shape index (κ3) is 7.02. The van der Waals surface area contributed by atoms with Crippen LogP contribution in [0.5, 0.6) is 5.75 Å². The third-order valence-corrected chi connectivity index (χ3v) is 7.24. The predicted molar refractivity (Wildman–Crippen MR) is 166 cm³/mol. The summed E-state index contributed by atoms with van der Waals surface area (Å²) in [5.74, 6) is -1.77. The van der Waals surface area contributed by atoms with Crippen molar-refractivity contribution in [3.05, 3.63) is 99.7 Å². The molecule has 1 fully saturated rings. The Labute approximate surface area is 262 Å². The van der Waals surface area contributed by atoms with E-state index in [0.717, 1.165) is 12.8 Å². The van der Waals surface area contributed by atoms with E-state index < -0.39 is 30.0 Å². The number of phenols is 1. The van der Waals surface area contributed by atoms with E-state index >= 15 is 5.21 Å². The average molecular weight is 630 g/mol. The summed E-state index contributed by atoms with van der Waals surface area (Å²) in [5, 5.41) is 41.5. The minimum absolute atomic E-state index is 0.0243. The van der Waals surface area contributed by atoms with Crippen molar-refractivity contribution in [1.29, 1.82) is 5.41 Å². The Morgan fingerprint density at radius 2 is 1.89 bits per heavy atom. The first-order chi connectivity index (χ1) is 22.1. The number of anilines is 1. The molecule has 2 heterocycles. The van der Waals surface area contributed by atoms with Crippen molar-refractivity contribution in [1.82, 2.24) is 20.1 Å². The summed E-state index contributed by atoms with van der Waals surface area (Å²) >= 11 is 0. The van der Waals surface area contributed by atoms with Crippen LogP contribution in [0.25, 0.3) is 0 Å². The predicted octanol–water partition coefficient (Wildman–Crippen LogP) is 4.12. The van der Waals surface area contributed by atoms with Gasteiger partial charge in [-0.3, -0.25) is 24.4 Å². The number of nitrogens with one attached hydrogen (secondary N) is 4. The number of carbonyl (C=O) groups is 3. The van der Waals surface area contributed by atoms with Crippen LogP contribution in [0.3, 0.4) is 0 Å². The second-order valence-electron chi connectivity index (χ2n) is 10.5. The molecule has 15 heteroatoms. The lowest BCUT2D eigenvalue weighted by molar-refractivity contribution is -0.0472. The van der Waals surface area contributed by atoms with E-state index in [0.29, 0.717) is 23.0 Å². The fraction of sp³-hybridized carbons (Fsp3) is 0.226. The Kier molecular flexibility index (Phi) is 9.37. The number of amidine groups is 1. The summed E-state index contributed by atoms with van der Waals surface area (Å²) in [6.45, 7) is 1.95. The third-order valence-electron chi connectivity index (χ3n) is 7.24. The largest absolute Gasteiger partial charge is 0.619 e. The van der Waals surface area contributed by atoms with Crippen LogP contribution in [0.15, 0.2) is 70.5 Å². The van der Waals surface area contributed by atoms with Crippen LogP contribution in [-0.2, 0) is 9.47 Å². The maximum absolute atomic E-state index is 15.1. The molecule has 0 saturated heterocycles. The van der Waals surface area contributed by atoms with Crippen molar-refractivity contribution < 1.29 is 33.5 Å². The first-order valence-corrected chi connectivity index (χ1v) is 14.1. The molecule has 2 aromatic heterocycles. The molecule has 2 amide bonds. The van der Waals surface area contributed by atoms with Crippen molar-refractivity contribution in [3.8, 4) is 5.75 Å². The summed E-state index contributed by atoms with van der Waals surface area (Å²) < 4.78 is 14.1. The van der Waals surface area contributed by atoms with Crippen LogP contribution >= 0.6 is 0 Å². The van der Waals surface area contributed by atoms with Gasteiger partial charge in [0.05, 0.1) is 11.1 Å². The van der Waals surface area contributed by atoms with Gasteiger partial charge in [0.2, 0.25) is 0 Å². The molecule has 1 unspecified atom stereocenters. The molecule has 5 N–H and O–H groups in total. The van der Waals surface area contributed by atoms with Crippen molar-refractivity contribution >= 4 is 41.5 Å². The number of hydrogen-bond donors (Lipinski definition) is 5. The van der Waals surface area contributed by atoms with Crippen LogP contribution in [0.4, 0.5) is 11.5 Å². The highest BCUT2D eigenvalue weighted by Crippen LogP contribution is 2.32. The number of aryl methyl sites for hydroxylation is 1. The molecule has 2 aromatic carbocycles.